The summed E-state index contributed by atoms with van der Waals surface area (Å²) < 4.78 is 5.42. The van der Waals surface area contributed by atoms with E-state index in [1.807, 2.05) is 5.38 Å². The Bertz CT molecular complexity index is 850. The molecule has 3 aromatic rings. The summed E-state index contributed by atoms with van der Waals surface area (Å²) in [7, 11) is 0. The summed E-state index contributed by atoms with van der Waals surface area (Å²) in [6.45, 7) is 7.88. The molecular weight excluding hydrogens is 322 g/mol. The number of aryl methyl sites for hydroxylation is 2. The SMILES string of the molecule is Cc1ccc(-c2nc(-c3nc(N4CCNCC4)no3)cs2)c(C)c1. The molecule has 0 amide bonds. The Morgan fingerprint density at radius 1 is 1.17 bits per heavy atom. The molecule has 1 saturated heterocycles. The Morgan fingerprint density at radius 2 is 2.00 bits per heavy atom. The first kappa shape index (κ1) is 15.3. The number of anilines is 1. The van der Waals surface area contributed by atoms with Crippen molar-refractivity contribution in [1.29, 1.82) is 0 Å². The van der Waals surface area contributed by atoms with Gasteiger partial charge in [0.25, 0.3) is 11.8 Å². The third kappa shape index (κ3) is 2.92. The number of piperazine rings is 1. The number of rotatable bonds is 3. The highest BCUT2D eigenvalue weighted by atomic mass is 32.1. The molecule has 0 saturated carbocycles. The van der Waals surface area contributed by atoms with Crippen LogP contribution in [0.3, 0.4) is 0 Å². The van der Waals surface area contributed by atoms with Gasteiger partial charge in [0, 0.05) is 37.1 Å². The minimum atomic E-state index is 0.482. The number of benzene rings is 1. The molecule has 24 heavy (non-hydrogen) atoms. The molecule has 0 spiro atoms. The summed E-state index contributed by atoms with van der Waals surface area (Å²) in [6, 6.07) is 6.40. The van der Waals surface area contributed by atoms with Crippen molar-refractivity contribution in [3.05, 3.63) is 34.7 Å². The molecule has 1 aromatic carbocycles. The van der Waals surface area contributed by atoms with Crippen LogP contribution in [0.1, 0.15) is 11.1 Å². The third-order valence-electron chi connectivity index (χ3n) is 4.15. The number of aromatic nitrogens is 3. The fourth-order valence-electron chi connectivity index (χ4n) is 2.86. The van der Waals surface area contributed by atoms with Crippen LogP contribution in [0.2, 0.25) is 0 Å². The predicted octanol–water partition coefficient (Wildman–Crippen LogP) is 2.89. The van der Waals surface area contributed by atoms with E-state index < -0.39 is 0 Å². The highest BCUT2D eigenvalue weighted by Gasteiger charge is 2.19. The average Bonchev–Trinajstić information content (AvgIpc) is 3.25. The minimum absolute atomic E-state index is 0.482. The molecule has 124 valence electrons. The third-order valence-corrected chi connectivity index (χ3v) is 5.03. The quantitative estimate of drug-likeness (QED) is 0.790. The van der Waals surface area contributed by atoms with E-state index >= 15 is 0 Å². The molecule has 4 rings (SSSR count). The van der Waals surface area contributed by atoms with Crippen LogP contribution in [0.4, 0.5) is 5.95 Å². The van der Waals surface area contributed by atoms with Gasteiger partial charge in [-0.25, -0.2) is 4.98 Å². The van der Waals surface area contributed by atoms with Crippen molar-refractivity contribution in [1.82, 2.24) is 20.4 Å². The first-order valence-electron chi connectivity index (χ1n) is 8.03. The minimum Gasteiger partial charge on any atom is -0.336 e. The molecule has 3 heterocycles. The second-order valence-corrected chi connectivity index (χ2v) is 6.85. The zero-order chi connectivity index (χ0) is 16.5. The molecule has 1 aliphatic rings. The zero-order valence-corrected chi connectivity index (χ0v) is 14.6. The topological polar surface area (TPSA) is 67.1 Å². The van der Waals surface area contributed by atoms with Crippen molar-refractivity contribution in [2.24, 2.45) is 0 Å². The van der Waals surface area contributed by atoms with Crippen LogP contribution in [-0.2, 0) is 0 Å². The summed E-state index contributed by atoms with van der Waals surface area (Å²) >= 11 is 1.60. The van der Waals surface area contributed by atoms with Crippen molar-refractivity contribution in [3.63, 3.8) is 0 Å². The molecule has 2 aromatic heterocycles. The first-order chi connectivity index (χ1) is 11.7. The Balaban J connectivity index is 1.59. The van der Waals surface area contributed by atoms with E-state index in [4.69, 9.17) is 9.51 Å². The molecule has 1 fully saturated rings. The molecule has 0 aliphatic carbocycles. The largest absolute Gasteiger partial charge is 0.336 e. The summed E-state index contributed by atoms with van der Waals surface area (Å²) in [6.07, 6.45) is 0. The smallest absolute Gasteiger partial charge is 0.279 e. The maximum atomic E-state index is 5.42. The summed E-state index contributed by atoms with van der Waals surface area (Å²) in [5, 5.41) is 10.4. The molecular formula is C17H19N5OS. The van der Waals surface area contributed by atoms with E-state index in [1.165, 1.54) is 11.1 Å². The second-order valence-electron chi connectivity index (χ2n) is 5.99. The summed E-state index contributed by atoms with van der Waals surface area (Å²) in [5.74, 6) is 1.13. The lowest BCUT2D eigenvalue weighted by atomic mass is 10.1. The molecule has 6 nitrogen and oxygen atoms in total. The monoisotopic (exact) mass is 341 g/mol. The van der Waals surface area contributed by atoms with Gasteiger partial charge in [0.05, 0.1) is 0 Å². The number of nitrogens with zero attached hydrogens (tertiary/aromatic N) is 4. The predicted molar refractivity (Wildman–Crippen MR) is 95.4 cm³/mol. The molecule has 0 atom stereocenters. The lowest BCUT2D eigenvalue weighted by Crippen LogP contribution is -2.44. The van der Waals surface area contributed by atoms with Gasteiger partial charge in [0.2, 0.25) is 0 Å². The van der Waals surface area contributed by atoms with Crippen molar-refractivity contribution in [2.75, 3.05) is 31.1 Å². The number of hydrogen-bond acceptors (Lipinski definition) is 7. The maximum Gasteiger partial charge on any atom is 0.279 e. The standard InChI is InChI=1S/C17H19N5OS/c1-11-3-4-13(12(2)9-11)16-19-14(10-24-16)15-20-17(21-23-15)22-7-5-18-6-8-22/h3-4,9-10,18H,5-8H2,1-2H3. The van der Waals surface area contributed by atoms with E-state index in [-0.39, 0.29) is 0 Å². The summed E-state index contributed by atoms with van der Waals surface area (Å²) in [5.41, 5.74) is 4.37. The lowest BCUT2D eigenvalue weighted by Gasteiger charge is -2.25. The van der Waals surface area contributed by atoms with Crippen LogP contribution in [0.5, 0.6) is 0 Å². The van der Waals surface area contributed by atoms with Gasteiger partial charge in [0.1, 0.15) is 10.7 Å². The Labute approximate surface area is 144 Å². The van der Waals surface area contributed by atoms with E-state index in [1.54, 1.807) is 11.3 Å². The van der Waals surface area contributed by atoms with Crippen LogP contribution in [-0.4, -0.2) is 41.3 Å². The van der Waals surface area contributed by atoms with Crippen LogP contribution in [0.25, 0.3) is 22.2 Å². The molecule has 0 radical (unpaired) electrons. The van der Waals surface area contributed by atoms with E-state index in [2.05, 4.69) is 52.4 Å². The van der Waals surface area contributed by atoms with Gasteiger partial charge in [0.15, 0.2) is 0 Å². The first-order valence-corrected chi connectivity index (χ1v) is 8.91. The van der Waals surface area contributed by atoms with Gasteiger partial charge in [-0.05, 0) is 24.6 Å². The van der Waals surface area contributed by atoms with Crippen LogP contribution in [0.15, 0.2) is 28.1 Å². The maximum absolute atomic E-state index is 5.42. The molecule has 1 N–H and O–H groups in total. The number of nitrogens with one attached hydrogen (secondary N) is 1. The van der Waals surface area contributed by atoms with Gasteiger partial charge < -0.3 is 14.7 Å². The molecule has 7 heteroatoms. The van der Waals surface area contributed by atoms with Crippen LogP contribution >= 0.6 is 11.3 Å². The Morgan fingerprint density at radius 3 is 2.79 bits per heavy atom. The second kappa shape index (κ2) is 6.33. The van der Waals surface area contributed by atoms with Gasteiger partial charge in [-0.3, -0.25) is 0 Å². The highest BCUT2D eigenvalue weighted by Crippen LogP contribution is 2.31. The van der Waals surface area contributed by atoms with E-state index in [9.17, 15) is 0 Å². The Kier molecular flexibility index (Phi) is 4.03. The molecule has 1 aliphatic heterocycles. The van der Waals surface area contributed by atoms with Crippen molar-refractivity contribution >= 4 is 17.3 Å². The summed E-state index contributed by atoms with van der Waals surface area (Å²) in [4.78, 5) is 11.3. The van der Waals surface area contributed by atoms with Crippen LogP contribution in [0, 0.1) is 13.8 Å². The fourth-order valence-corrected chi connectivity index (χ4v) is 3.75. The van der Waals surface area contributed by atoms with Crippen molar-refractivity contribution in [3.8, 4) is 22.2 Å². The molecule has 0 bridgehead atoms. The normalized spacial score (nSPS) is 15.0. The van der Waals surface area contributed by atoms with Crippen LogP contribution < -0.4 is 10.2 Å². The highest BCUT2D eigenvalue weighted by molar-refractivity contribution is 7.13. The van der Waals surface area contributed by atoms with Gasteiger partial charge >= 0.3 is 0 Å². The lowest BCUT2D eigenvalue weighted by molar-refractivity contribution is 0.426. The Hall–Kier alpha value is -2.25. The van der Waals surface area contributed by atoms with Gasteiger partial charge in [-0.1, -0.05) is 23.8 Å². The fraction of sp³-hybridized carbons (Fsp3) is 0.353. The van der Waals surface area contributed by atoms with Gasteiger partial charge in [-0.15, -0.1) is 11.3 Å². The average molecular weight is 341 g/mol. The van der Waals surface area contributed by atoms with E-state index in [0.717, 1.165) is 42.4 Å². The number of thiazole rings is 1. The van der Waals surface area contributed by atoms with Gasteiger partial charge in [-0.2, -0.15) is 4.98 Å². The van der Waals surface area contributed by atoms with Crippen molar-refractivity contribution in [2.45, 2.75) is 13.8 Å². The zero-order valence-electron chi connectivity index (χ0n) is 13.7. The van der Waals surface area contributed by atoms with Crippen molar-refractivity contribution < 1.29 is 4.52 Å². The molecule has 0 unspecified atom stereocenters. The number of hydrogen-bond donors (Lipinski definition) is 1. The van der Waals surface area contributed by atoms with E-state index in [0.29, 0.717) is 11.8 Å².